The van der Waals surface area contributed by atoms with Crippen molar-refractivity contribution >= 4 is 45.6 Å². The fourth-order valence-corrected chi connectivity index (χ4v) is 3.18. The molecule has 0 aliphatic carbocycles. The van der Waals surface area contributed by atoms with Crippen LogP contribution >= 0.6 is 33.9 Å². The third kappa shape index (κ3) is 4.21. The third-order valence-corrected chi connectivity index (χ3v) is 5.15. The molecule has 1 aromatic carbocycles. The highest BCUT2D eigenvalue weighted by Crippen LogP contribution is 2.21. The van der Waals surface area contributed by atoms with Crippen molar-refractivity contribution in [3.8, 4) is 0 Å². The van der Waals surface area contributed by atoms with Crippen LogP contribution in [0.2, 0.25) is 0 Å². The van der Waals surface area contributed by atoms with Crippen molar-refractivity contribution < 1.29 is 9.53 Å². The Balaban J connectivity index is 1.93. The summed E-state index contributed by atoms with van der Waals surface area (Å²) < 4.78 is 5.92. The molecule has 0 amide bonds. The second kappa shape index (κ2) is 7.08. The number of carbonyl (C=O) groups excluding carboxylic acids is 1. The normalized spacial score (nSPS) is 10.3. The lowest BCUT2D eigenvalue weighted by atomic mass is 10.2. The summed E-state index contributed by atoms with van der Waals surface area (Å²) in [6.07, 6.45) is 0.351. The minimum Gasteiger partial charge on any atom is -0.469 e. The number of halogens is 1. The number of benzene rings is 1. The van der Waals surface area contributed by atoms with Crippen LogP contribution in [0.4, 0.5) is 5.69 Å². The summed E-state index contributed by atoms with van der Waals surface area (Å²) >= 11 is 3.98. The Kier molecular flexibility index (Phi) is 5.42. The van der Waals surface area contributed by atoms with Crippen molar-refractivity contribution in [2.45, 2.75) is 19.9 Å². The van der Waals surface area contributed by atoms with Crippen LogP contribution in [-0.2, 0) is 22.5 Å². The molecule has 0 spiro atoms. The molecule has 0 unspecified atom stereocenters. The molecule has 2 aromatic rings. The summed E-state index contributed by atoms with van der Waals surface area (Å²) in [5.74, 6) is -0.195. The molecule has 0 aliphatic rings. The van der Waals surface area contributed by atoms with Gasteiger partial charge in [0.2, 0.25) is 0 Å². The molecule has 0 radical (unpaired) electrons. The van der Waals surface area contributed by atoms with Gasteiger partial charge in [-0.15, -0.1) is 11.3 Å². The molecule has 0 fully saturated rings. The van der Waals surface area contributed by atoms with E-state index in [2.05, 4.69) is 63.8 Å². The molecule has 20 heavy (non-hydrogen) atoms. The molecule has 0 atom stereocenters. The number of carbonyl (C=O) groups is 1. The molecule has 3 nitrogen and oxygen atoms in total. The molecule has 0 aliphatic heterocycles. The van der Waals surface area contributed by atoms with Gasteiger partial charge >= 0.3 is 5.97 Å². The third-order valence-electron chi connectivity index (χ3n) is 2.90. The zero-order valence-electron chi connectivity index (χ0n) is 11.4. The van der Waals surface area contributed by atoms with Gasteiger partial charge in [-0.25, -0.2) is 0 Å². The molecule has 1 N–H and O–H groups in total. The van der Waals surface area contributed by atoms with Gasteiger partial charge in [0.05, 0.1) is 13.5 Å². The molecule has 1 heterocycles. The van der Waals surface area contributed by atoms with Crippen molar-refractivity contribution in [1.82, 2.24) is 0 Å². The van der Waals surface area contributed by atoms with Gasteiger partial charge in [-0.05, 0) is 59.3 Å². The van der Waals surface area contributed by atoms with Gasteiger partial charge in [0.25, 0.3) is 0 Å². The molecular weight excluding hydrogens is 385 g/mol. The molecule has 1 aromatic heterocycles. The highest BCUT2D eigenvalue weighted by molar-refractivity contribution is 14.1. The van der Waals surface area contributed by atoms with Crippen LogP contribution in [-0.4, -0.2) is 13.1 Å². The Morgan fingerprint density at radius 3 is 2.75 bits per heavy atom. The molecule has 0 bridgehead atoms. The van der Waals surface area contributed by atoms with Crippen LogP contribution < -0.4 is 5.32 Å². The lowest BCUT2D eigenvalue weighted by Gasteiger charge is -2.06. The lowest BCUT2D eigenvalue weighted by Crippen LogP contribution is -2.02. The van der Waals surface area contributed by atoms with Crippen molar-refractivity contribution in [1.29, 1.82) is 0 Å². The smallest absolute Gasteiger partial charge is 0.310 e. The minimum atomic E-state index is -0.195. The van der Waals surface area contributed by atoms with Crippen LogP contribution in [0.15, 0.2) is 30.3 Å². The summed E-state index contributed by atoms with van der Waals surface area (Å²) in [6.45, 7) is 2.87. The lowest BCUT2D eigenvalue weighted by molar-refractivity contribution is -0.139. The van der Waals surface area contributed by atoms with Gasteiger partial charge in [-0.2, -0.15) is 0 Å². The van der Waals surface area contributed by atoms with E-state index in [0.717, 1.165) is 17.1 Å². The summed E-state index contributed by atoms with van der Waals surface area (Å²) in [5.41, 5.74) is 2.40. The monoisotopic (exact) mass is 401 g/mol. The van der Waals surface area contributed by atoms with Crippen LogP contribution in [0.25, 0.3) is 0 Å². The van der Waals surface area contributed by atoms with Crippen LogP contribution in [0, 0.1) is 10.5 Å². The second-order valence-electron chi connectivity index (χ2n) is 4.44. The quantitative estimate of drug-likeness (QED) is 0.608. The molecule has 106 valence electrons. The van der Waals surface area contributed by atoms with E-state index in [4.69, 9.17) is 0 Å². The Bertz CT molecular complexity index is 610. The van der Waals surface area contributed by atoms with E-state index in [0.29, 0.717) is 6.42 Å². The largest absolute Gasteiger partial charge is 0.469 e. The average Bonchev–Trinajstić information content (AvgIpc) is 2.87. The summed E-state index contributed by atoms with van der Waals surface area (Å²) in [7, 11) is 1.41. The van der Waals surface area contributed by atoms with E-state index in [1.165, 1.54) is 21.1 Å². The number of thiophene rings is 1. The number of hydrogen-bond acceptors (Lipinski definition) is 4. The molecule has 2 rings (SSSR count). The fourth-order valence-electron chi connectivity index (χ4n) is 1.72. The Morgan fingerprint density at radius 1 is 1.30 bits per heavy atom. The SMILES string of the molecule is COC(=O)Cc1ccc(CNc2ccc(C)c(I)c2)s1. The maximum atomic E-state index is 11.2. The van der Waals surface area contributed by atoms with Crippen LogP contribution in [0.5, 0.6) is 0 Å². The van der Waals surface area contributed by atoms with E-state index in [-0.39, 0.29) is 5.97 Å². The predicted octanol–water partition coefficient (Wildman–Crippen LogP) is 3.99. The first-order valence-electron chi connectivity index (χ1n) is 6.23. The molecular formula is C15H16INO2S. The number of hydrogen-bond donors (Lipinski definition) is 1. The van der Waals surface area contributed by atoms with E-state index >= 15 is 0 Å². The maximum absolute atomic E-state index is 11.2. The van der Waals surface area contributed by atoms with Crippen molar-refractivity contribution in [3.63, 3.8) is 0 Å². The van der Waals surface area contributed by atoms with Gasteiger partial charge in [-0.1, -0.05) is 6.07 Å². The van der Waals surface area contributed by atoms with Gasteiger partial charge in [0, 0.05) is 25.6 Å². The first kappa shape index (κ1) is 15.3. The average molecular weight is 401 g/mol. The number of ether oxygens (including phenoxy) is 1. The zero-order valence-corrected chi connectivity index (χ0v) is 14.4. The second-order valence-corrected chi connectivity index (χ2v) is 6.85. The number of anilines is 1. The van der Waals surface area contributed by atoms with Gasteiger partial charge < -0.3 is 10.1 Å². The van der Waals surface area contributed by atoms with E-state index < -0.39 is 0 Å². The zero-order chi connectivity index (χ0) is 14.5. The summed E-state index contributed by atoms with van der Waals surface area (Å²) in [5, 5.41) is 3.40. The van der Waals surface area contributed by atoms with Crippen molar-refractivity contribution in [2.24, 2.45) is 0 Å². The van der Waals surface area contributed by atoms with Crippen LogP contribution in [0.3, 0.4) is 0 Å². The summed E-state index contributed by atoms with van der Waals surface area (Å²) in [6, 6.07) is 10.4. The standard InChI is InChI=1S/C15H16INO2S/c1-10-3-4-11(7-14(10)16)17-9-13-6-5-12(20-13)8-15(18)19-2/h3-7,17H,8-9H2,1-2H3. The Hall–Kier alpha value is -1.08. The van der Waals surface area contributed by atoms with Crippen LogP contribution in [0.1, 0.15) is 15.3 Å². The predicted molar refractivity (Wildman–Crippen MR) is 91.3 cm³/mol. The highest BCUT2D eigenvalue weighted by Gasteiger charge is 2.06. The number of aryl methyl sites for hydroxylation is 1. The van der Waals surface area contributed by atoms with Crippen molar-refractivity contribution in [2.75, 3.05) is 12.4 Å². The van der Waals surface area contributed by atoms with Gasteiger partial charge in [0.1, 0.15) is 0 Å². The topological polar surface area (TPSA) is 38.3 Å². The number of rotatable bonds is 5. The summed E-state index contributed by atoms with van der Waals surface area (Å²) in [4.78, 5) is 13.4. The highest BCUT2D eigenvalue weighted by atomic mass is 127. The molecule has 0 saturated heterocycles. The maximum Gasteiger partial charge on any atom is 0.310 e. The van der Waals surface area contributed by atoms with Crippen molar-refractivity contribution in [3.05, 3.63) is 49.2 Å². The Morgan fingerprint density at radius 2 is 2.05 bits per heavy atom. The fraction of sp³-hybridized carbons (Fsp3) is 0.267. The van der Waals surface area contributed by atoms with Gasteiger partial charge in [0.15, 0.2) is 0 Å². The number of nitrogens with one attached hydrogen (secondary N) is 1. The Labute approximate surface area is 136 Å². The first-order valence-corrected chi connectivity index (χ1v) is 8.12. The molecule has 5 heteroatoms. The van der Waals surface area contributed by atoms with Gasteiger partial charge in [-0.3, -0.25) is 4.79 Å². The molecule has 0 saturated carbocycles. The first-order chi connectivity index (χ1) is 9.58. The van der Waals surface area contributed by atoms with E-state index in [9.17, 15) is 4.79 Å². The minimum absolute atomic E-state index is 0.195. The number of methoxy groups -OCH3 is 1. The number of esters is 1. The van der Waals surface area contributed by atoms with E-state index in [1.807, 2.05) is 6.07 Å². The van der Waals surface area contributed by atoms with E-state index in [1.54, 1.807) is 11.3 Å².